The molecule has 0 aliphatic carbocycles. The first-order valence-electron chi connectivity index (χ1n) is 5.00. The molecule has 1 rings (SSSR count). The van der Waals surface area contributed by atoms with E-state index in [0.717, 1.165) is 0 Å². The molecule has 0 aromatic carbocycles. The highest BCUT2D eigenvalue weighted by Crippen LogP contribution is 2.52. The van der Waals surface area contributed by atoms with Gasteiger partial charge < -0.3 is 26.4 Å². The van der Waals surface area contributed by atoms with Crippen molar-refractivity contribution in [3.8, 4) is 0 Å². The van der Waals surface area contributed by atoms with Gasteiger partial charge in [0.05, 0.1) is 24.8 Å². The summed E-state index contributed by atoms with van der Waals surface area (Å²) >= 11 is 0. The van der Waals surface area contributed by atoms with Gasteiger partial charge in [-0.25, -0.2) is 4.57 Å². The molecule has 0 aromatic rings. The number of nitrogens with two attached hydrogens (primary N) is 2. The minimum atomic E-state index is -4.91. The van der Waals surface area contributed by atoms with Crippen molar-refractivity contribution in [2.75, 3.05) is 6.61 Å². The Hall–Kier alpha value is -0.0300. The Balaban J connectivity index is 2.77. The minimum absolute atomic E-state index is 0.588. The average molecular weight is 321 g/mol. The molecular formula is C6H15N2O9P2+. The average Bonchev–Trinajstić information content (AvgIpc) is 2.28. The summed E-state index contributed by atoms with van der Waals surface area (Å²) in [6, 6.07) is -2.33. The molecule has 8 N–H and O–H groups in total. The van der Waals surface area contributed by atoms with Crippen LogP contribution in [0.1, 0.15) is 0 Å². The number of ether oxygens (including phenoxy) is 1. The van der Waals surface area contributed by atoms with E-state index in [4.69, 9.17) is 31.1 Å². The van der Waals surface area contributed by atoms with Crippen LogP contribution in [0.25, 0.3) is 0 Å². The normalized spacial score (nSPS) is 39.7. The van der Waals surface area contributed by atoms with Crippen LogP contribution in [0.5, 0.6) is 0 Å². The molecule has 0 saturated carbocycles. The predicted molar refractivity (Wildman–Crippen MR) is 59.5 cm³/mol. The van der Waals surface area contributed by atoms with Gasteiger partial charge in [-0.15, -0.1) is 4.89 Å². The molecule has 0 spiro atoms. The molecule has 0 aromatic heterocycles. The number of aliphatic hydroxyl groups excluding tert-OH is 2. The van der Waals surface area contributed by atoms with E-state index in [1.807, 2.05) is 0 Å². The topological polar surface area (TPSA) is 195 Å². The second-order valence-corrected chi connectivity index (χ2v) is 6.04. The lowest BCUT2D eigenvalue weighted by Gasteiger charge is -2.40. The van der Waals surface area contributed by atoms with Crippen LogP contribution in [0.4, 0.5) is 0 Å². The Morgan fingerprint density at radius 3 is 2.42 bits per heavy atom. The third kappa shape index (κ3) is 4.48. The summed E-state index contributed by atoms with van der Waals surface area (Å²) in [4.78, 5) is 17.5. The molecule has 1 aliphatic rings. The van der Waals surface area contributed by atoms with Crippen LogP contribution >= 0.6 is 16.1 Å². The van der Waals surface area contributed by atoms with E-state index in [1.165, 1.54) is 0 Å². The van der Waals surface area contributed by atoms with Crippen molar-refractivity contribution in [2.45, 2.75) is 30.6 Å². The highest BCUT2D eigenvalue weighted by atomic mass is 31.2. The van der Waals surface area contributed by atoms with Crippen molar-refractivity contribution in [1.29, 1.82) is 0 Å². The van der Waals surface area contributed by atoms with E-state index < -0.39 is 53.3 Å². The van der Waals surface area contributed by atoms with Crippen LogP contribution in [-0.4, -0.2) is 57.2 Å². The molecular weight excluding hydrogens is 306 g/mol. The van der Waals surface area contributed by atoms with Crippen LogP contribution in [0.2, 0.25) is 0 Å². The third-order valence-electron chi connectivity index (χ3n) is 2.43. The Bertz CT molecular complexity index is 380. The first-order valence-corrected chi connectivity index (χ1v) is 7.63. The molecule has 112 valence electrons. The standard InChI is InChI=1S/C6H14N2O9P2/c7-3-2(1-9)15-6(4(8)5(3)10)16-19(13,14)17-18(11)12/h2-6,9-10H,1,7-8H2,(H-,11,12,13,14)/p+1/t2?,3-,4?,5?,6-/m1/s1. The van der Waals surface area contributed by atoms with Crippen molar-refractivity contribution < 1.29 is 42.7 Å². The maximum Gasteiger partial charge on any atom is 0.705 e. The predicted octanol–water partition coefficient (Wildman–Crippen LogP) is -2.50. The van der Waals surface area contributed by atoms with Gasteiger partial charge in [0.1, 0.15) is 6.10 Å². The van der Waals surface area contributed by atoms with Crippen molar-refractivity contribution in [1.82, 2.24) is 0 Å². The van der Waals surface area contributed by atoms with E-state index >= 15 is 0 Å². The number of aliphatic hydroxyl groups is 2. The SMILES string of the molecule is NC1C(O)[C@H](N)C(CO)O[C@@H]1OP(=O)(O)O[P+](=O)O. The molecule has 0 radical (unpaired) electrons. The minimum Gasteiger partial charge on any atom is -0.394 e. The molecule has 19 heavy (non-hydrogen) atoms. The summed E-state index contributed by atoms with van der Waals surface area (Å²) in [5, 5.41) is 18.6. The second-order valence-electron chi connectivity index (χ2n) is 3.76. The summed E-state index contributed by atoms with van der Waals surface area (Å²) in [6.45, 7) is -0.588. The van der Waals surface area contributed by atoms with E-state index in [-0.39, 0.29) is 0 Å². The fraction of sp³-hybridized carbons (Fsp3) is 1.00. The van der Waals surface area contributed by atoms with Crippen molar-refractivity contribution in [3.63, 3.8) is 0 Å². The summed E-state index contributed by atoms with van der Waals surface area (Å²) in [7, 11) is -8.30. The van der Waals surface area contributed by atoms with Crippen LogP contribution in [0.3, 0.4) is 0 Å². The van der Waals surface area contributed by atoms with Gasteiger partial charge in [0, 0.05) is 4.57 Å². The molecule has 0 amide bonds. The zero-order valence-electron chi connectivity index (χ0n) is 9.47. The smallest absolute Gasteiger partial charge is 0.394 e. The number of phosphoric acid groups is 1. The lowest BCUT2D eigenvalue weighted by Crippen LogP contribution is -2.65. The van der Waals surface area contributed by atoms with Gasteiger partial charge in [-0.3, -0.25) is 9.42 Å². The Labute approximate surface area is 108 Å². The molecule has 11 nitrogen and oxygen atoms in total. The summed E-state index contributed by atoms with van der Waals surface area (Å²) in [6.07, 6.45) is -4.10. The van der Waals surface area contributed by atoms with Gasteiger partial charge in [0.2, 0.25) is 0 Å². The zero-order valence-corrected chi connectivity index (χ0v) is 11.3. The molecule has 1 saturated heterocycles. The molecule has 0 bridgehead atoms. The molecule has 5 unspecified atom stereocenters. The molecule has 1 aliphatic heterocycles. The van der Waals surface area contributed by atoms with Gasteiger partial charge in [0.25, 0.3) is 0 Å². The largest absolute Gasteiger partial charge is 0.705 e. The van der Waals surface area contributed by atoms with Gasteiger partial charge in [0.15, 0.2) is 6.29 Å². The Morgan fingerprint density at radius 2 is 1.95 bits per heavy atom. The lowest BCUT2D eigenvalue weighted by atomic mass is 9.96. The maximum atomic E-state index is 11.3. The molecule has 13 heteroatoms. The van der Waals surface area contributed by atoms with Gasteiger partial charge in [-0.2, -0.15) is 0 Å². The Kier molecular flexibility index (Phi) is 5.93. The first kappa shape index (κ1) is 17.0. The van der Waals surface area contributed by atoms with E-state index in [1.54, 1.807) is 0 Å². The van der Waals surface area contributed by atoms with Crippen LogP contribution < -0.4 is 11.5 Å². The molecule has 1 fully saturated rings. The third-order valence-corrected chi connectivity index (χ3v) is 4.29. The van der Waals surface area contributed by atoms with Crippen molar-refractivity contribution in [3.05, 3.63) is 0 Å². The van der Waals surface area contributed by atoms with E-state index in [9.17, 15) is 14.2 Å². The van der Waals surface area contributed by atoms with Gasteiger partial charge in [-0.1, -0.05) is 0 Å². The van der Waals surface area contributed by atoms with Gasteiger partial charge >= 0.3 is 16.1 Å². The van der Waals surface area contributed by atoms with Crippen LogP contribution in [-0.2, 0) is 22.7 Å². The highest BCUT2D eigenvalue weighted by molar-refractivity contribution is 7.55. The molecule has 7 atom stereocenters. The van der Waals surface area contributed by atoms with Gasteiger partial charge in [-0.05, 0) is 4.31 Å². The fourth-order valence-electron chi connectivity index (χ4n) is 1.49. The van der Waals surface area contributed by atoms with Crippen molar-refractivity contribution in [2.24, 2.45) is 11.5 Å². The highest BCUT2D eigenvalue weighted by Gasteiger charge is 2.47. The summed E-state index contributed by atoms with van der Waals surface area (Å²) in [5.41, 5.74) is 11.0. The fourth-order valence-corrected chi connectivity index (χ4v) is 2.80. The number of phosphoric ester groups is 1. The number of hydrogen-bond acceptors (Lipinski definition) is 9. The first-order chi connectivity index (χ1) is 8.68. The molecule has 1 heterocycles. The summed E-state index contributed by atoms with van der Waals surface area (Å²) < 4.78 is 34.7. The van der Waals surface area contributed by atoms with E-state index in [0.29, 0.717) is 0 Å². The second kappa shape index (κ2) is 6.61. The lowest BCUT2D eigenvalue weighted by molar-refractivity contribution is -0.208. The number of rotatable bonds is 5. The Morgan fingerprint density at radius 1 is 1.37 bits per heavy atom. The quantitative estimate of drug-likeness (QED) is 0.293. The van der Waals surface area contributed by atoms with E-state index in [2.05, 4.69) is 8.83 Å². The number of hydrogen-bond donors (Lipinski definition) is 6. The zero-order chi connectivity index (χ0) is 14.8. The van der Waals surface area contributed by atoms with Crippen LogP contribution in [0.15, 0.2) is 0 Å². The monoisotopic (exact) mass is 321 g/mol. The van der Waals surface area contributed by atoms with Crippen molar-refractivity contribution >= 4 is 16.1 Å². The maximum absolute atomic E-state index is 11.3. The van der Waals surface area contributed by atoms with Crippen LogP contribution in [0, 0.1) is 0 Å². The summed E-state index contributed by atoms with van der Waals surface area (Å²) in [5.74, 6) is 0.